The monoisotopic (exact) mass is 273 g/mol. The topological polar surface area (TPSA) is 83.6 Å². The van der Waals surface area contributed by atoms with Crippen LogP contribution < -0.4 is 0 Å². The summed E-state index contributed by atoms with van der Waals surface area (Å²) >= 11 is 11.4. The van der Waals surface area contributed by atoms with E-state index in [0.29, 0.717) is 0 Å². The molecule has 2 N–H and O–H groups in total. The Kier molecular flexibility index (Phi) is 2.73. The van der Waals surface area contributed by atoms with Gasteiger partial charge in [-0.25, -0.2) is 0 Å². The van der Waals surface area contributed by atoms with Crippen molar-refractivity contribution in [1.82, 2.24) is 0 Å². The third-order valence-corrected chi connectivity index (χ3v) is 3.17. The molecule has 0 saturated carbocycles. The molecule has 0 fully saturated rings. The van der Waals surface area contributed by atoms with Crippen molar-refractivity contribution >= 4 is 39.7 Å². The highest BCUT2D eigenvalue weighted by atomic mass is 35.5. The van der Waals surface area contributed by atoms with Crippen LogP contribution in [0.5, 0.6) is 11.5 Å². The maximum Gasteiger partial charge on any atom is 0.270 e. The number of rotatable bonds is 1. The summed E-state index contributed by atoms with van der Waals surface area (Å²) in [7, 11) is 0. The fourth-order valence-electron chi connectivity index (χ4n) is 1.49. The number of phenols is 2. The number of aromatic hydroxyl groups is 2. The lowest BCUT2D eigenvalue weighted by molar-refractivity contribution is -0.384. The highest BCUT2D eigenvalue weighted by Crippen LogP contribution is 2.46. The number of hydrogen-bond donors (Lipinski definition) is 2. The zero-order valence-corrected chi connectivity index (χ0v) is 9.66. The van der Waals surface area contributed by atoms with E-state index in [1.807, 2.05) is 0 Å². The molecule has 2 rings (SSSR count). The van der Waals surface area contributed by atoms with E-state index in [1.54, 1.807) is 0 Å². The van der Waals surface area contributed by atoms with Gasteiger partial charge < -0.3 is 10.2 Å². The molecule has 17 heavy (non-hydrogen) atoms. The molecule has 0 saturated heterocycles. The smallest absolute Gasteiger partial charge is 0.270 e. The molecule has 0 atom stereocenters. The minimum Gasteiger partial charge on any atom is -0.506 e. The van der Waals surface area contributed by atoms with Gasteiger partial charge >= 0.3 is 0 Å². The zero-order chi connectivity index (χ0) is 12.7. The van der Waals surface area contributed by atoms with E-state index >= 15 is 0 Å². The number of nitro benzene ring substituents is 1. The van der Waals surface area contributed by atoms with Crippen LogP contribution in [0.2, 0.25) is 10.0 Å². The Hall–Kier alpha value is -1.72. The largest absolute Gasteiger partial charge is 0.506 e. The molecule has 7 heteroatoms. The molecule has 0 amide bonds. The van der Waals surface area contributed by atoms with Gasteiger partial charge in [0.2, 0.25) is 0 Å². The fraction of sp³-hybridized carbons (Fsp3) is 0. The molecule has 0 bridgehead atoms. The van der Waals surface area contributed by atoms with E-state index in [0.717, 1.165) is 6.07 Å². The predicted molar refractivity (Wildman–Crippen MR) is 64.0 cm³/mol. The van der Waals surface area contributed by atoms with Gasteiger partial charge in [0.25, 0.3) is 5.69 Å². The second-order valence-corrected chi connectivity index (χ2v) is 4.07. The summed E-state index contributed by atoms with van der Waals surface area (Å²) < 4.78 is 0. The van der Waals surface area contributed by atoms with Crippen molar-refractivity contribution in [3.8, 4) is 11.5 Å². The van der Waals surface area contributed by atoms with Gasteiger partial charge in [-0.05, 0) is 6.07 Å². The first-order chi connectivity index (χ1) is 7.93. The number of fused-ring (bicyclic) bond motifs is 1. The summed E-state index contributed by atoms with van der Waals surface area (Å²) in [6.45, 7) is 0. The third kappa shape index (κ3) is 1.73. The summed E-state index contributed by atoms with van der Waals surface area (Å²) in [5.41, 5.74) is -0.217. The van der Waals surface area contributed by atoms with Gasteiger partial charge in [-0.3, -0.25) is 10.1 Å². The van der Waals surface area contributed by atoms with Crippen molar-refractivity contribution in [2.75, 3.05) is 0 Å². The SMILES string of the molecule is O=[N+]([O-])c1ccc2c(O)c(Cl)c(Cl)c(O)c2c1. The first kappa shape index (κ1) is 11.8. The first-order valence-electron chi connectivity index (χ1n) is 4.40. The standard InChI is InChI=1S/C10H5Cl2NO4/c11-7-8(12)10(15)6-3-4(13(16)17)1-2-5(6)9(7)14/h1-3,14-15H. The number of nitrogens with zero attached hydrogens (tertiary/aromatic N) is 1. The van der Waals surface area contributed by atoms with Crippen molar-refractivity contribution in [1.29, 1.82) is 0 Å². The molecule has 2 aromatic rings. The molecule has 0 spiro atoms. The van der Waals surface area contributed by atoms with Crippen molar-refractivity contribution in [3.05, 3.63) is 38.4 Å². The van der Waals surface area contributed by atoms with E-state index in [2.05, 4.69) is 0 Å². The number of hydrogen-bond acceptors (Lipinski definition) is 4. The van der Waals surface area contributed by atoms with Crippen LogP contribution in [-0.4, -0.2) is 15.1 Å². The number of non-ortho nitro benzene ring substituents is 1. The maximum atomic E-state index is 10.6. The molecular formula is C10H5Cl2NO4. The van der Waals surface area contributed by atoms with Crippen LogP contribution in [0.1, 0.15) is 0 Å². The van der Waals surface area contributed by atoms with Gasteiger partial charge in [-0.1, -0.05) is 23.2 Å². The average molecular weight is 274 g/mol. The van der Waals surface area contributed by atoms with Crippen molar-refractivity contribution in [2.24, 2.45) is 0 Å². The Morgan fingerprint density at radius 2 is 1.59 bits per heavy atom. The number of phenolic OH excluding ortho intramolecular Hbond substituents is 2. The minimum absolute atomic E-state index is 0.0751. The molecule has 0 aliphatic rings. The minimum atomic E-state index is -0.613. The van der Waals surface area contributed by atoms with E-state index in [4.69, 9.17) is 23.2 Å². The highest BCUT2D eigenvalue weighted by molar-refractivity contribution is 6.45. The normalized spacial score (nSPS) is 10.7. The van der Waals surface area contributed by atoms with Crippen molar-refractivity contribution in [2.45, 2.75) is 0 Å². The molecule has 5 nitrogen and oxygen atoms in total. The van der Waals surface area contributed by atoms with Crippen molar-refractivity contribution in [3.63, 3.8) is 0 Å². The Morgan fingerprint density at radius 1 is 1.06 bits per heavy atom. The van der Waals surface area contributed by atoms with E-state index in [1.165, 1.54) is 12.1 Å². The Morgan fingerprint density at radius 3 is 2.12 bits per heavy atom. The average Bonchev–Trinajstić information content (AvgIpc) is 2.32. The van der Waals surface area contributed by atoms with E-state index < -0.39 is 10.7 Å². The molecule has 2 aromatic carbocycles. The van der Waals surface area contributed by atoms with Gasteiger partial charge in [0.1, 0.15) is 21.5 Å². The molecular weight excluding hydrogens is 269 g/mol. The van der Waals surface area contributed by atoms with Crippen LogP contribution >= 0.6 is 23.2 Å². The van der Waals surface area contributed by atoms with Gasteiger partial charge in [0.15, 0.2) is 0 Å². The summed E-state index contributed by atoms with van der Waals surface area (Å²) in [4.78, 5) is 9.98. The van der Waals surface area contributed by atoms with Crippen molar-refractivity contribution < 1.29 is 15.1 Å². The van der Waals surface area contributed by atoms with Crippen LogP contribution in [0.4, 0.5) is 5.69 Å². The third-order valence-electron chi connectivity index (χ3n) is 2.33. The van der Waals surface area contributed by atoms with Crippen LogP contribution in [0.15, 0.2) is 18.2 Å². The first-order valence-corrected chi connectivity index (χ1v) is 5.16. The quantitative estimate of drug-likeness (QED) is 0.473. The van der Waals surface area contributed by atoms with E-state index in [9.17, 15) is 20.3 Å². The highest BCUT2D eigenvalue weighted by Gasteiger charge is 2.18. The predicted octanol–water partition coefficient (Wildman–Crippen LogP) is 3.47. The van der Waals surface area contributed by atoms with Crippen LogP contribution in [0, 0.1) is 10.1 Å². The van der Waals surface area contributed by atoms with Crippen LogP contribution in [-0.2, 0) is 0 Å². The lowest BCUT2D eigenvalue weighted by Crippen LogP contribution is -1.88. The molecule has 0 aliphatic heterocycles. The molecule has 0 aliphatic carbocycles. The summed E-state index contributed by atoms with van der Waals surface area (Å²) in [6.07, 6.45) is 0. The summed E-state index contributed by atoms with van der Waals surface area (Å²) in [6, 6.07) is 3.61. The lowest BCUT2D eigenvalue weighted by Gasteiger charge is -2.08. The second kappa shape index (κ2) is 3.94. The molecule has 0 radical (unpaired) electrons. The van der Waals surface area contributed by atoms with Gasteiger partial charge in [-0.15, -0.1) is 0 Å². The summed E-state index contributed by atoms with van der Waals surface area (Å²) in [5.74, 6) is -0.715. The maximum absolute atomic E-state index is 10.6. The second-order valence-electron chi connectivity index (χ2n) is 3.31. The Balaban J connectivity index is 2.91. The molecule has 0 unspecified atom stereocenters. The zero-order valence-electron chi connectivity index (χ0n) is 8.15. The Bertz CT molecular complexity index is 642. The Labute approximate surface area is 105 Å². The number of halogens is 2. The van der Waals surface area contributed by atoms with Gasteiger partial charge in [0, 0.05) is 22.9 Å². The molecule has 0 heterocycles. The van der Waals surface area contributed by atoms with Crippen LogP contribution in [0.3, 0.4) is 0 Å². The van der Waals surface area contributed by atoms with Gasteiger partial charge in [-0.2, -0.15) is 0 Å². The van der Waals surface area contributed by atoms with E-state index in [-0.39, 0.29) is 32.3 Å². The molecule has 0 aromatic heterocycles. The van der Waals surface area contributed by atoms with Gasteiger partial charge in [0.05, 0.1) is 4.92 Å². The summed E-state index contributed by atoms with van der Waals surface area (Å²) in [5, 5.41) is 29.9. The number of nitro groups is 1. The number of benzene rings is 2. The lowest BCUT2D eigenvalue weighted by atomic mass is 10.1. The van der Waals surface area contributed by atoms with Crippen LogP contribution in [0.25, 0.3) is 10.8 Å². The molecule has 88 valence electrons. The fourth-order valence-corrected chi connectivity index (χ4v) is 1.88.